The number of hydrogen-bond acceptors (Lipinski definition) is 1. The van der Waals surface area contributed by atoms with Gasteiger partial charge in [0, 0.05) is 11.8 Å². The third-order valence-electron chi connectivity index (χ3n) is 2.76. The second-order valence-corrected chi connectivity index (χ2v) is 4.48. The summed E-state index contributed by atoms with van der Waals surface area (Å²) >= 11 is 0. The van der Waals surface area contributed by atoms with Gasteiger partial charge in [0.25, 0.3) is 0 Å². The Balaban J connectivity index is 2.41. The van der Waals surface area contributed by atoms with Crippen LogP contribution in [0, 0.1) is 11.8 Å². The summed E-state index contributed by atoms with van der Waals surface area (Å²) in [5.41, 5.74) is 1.32. The van der Waals surface area contributed by atoms with Gasteiger partial charge in [-0.25, -0.2) is 0 Å². The zero-order valence-corrected chi connectivity index (χ0v) is 9.86. The number of rotatable bonds is 5. The van der Waals surface area contributed by atoms with Crippen molar-refractivity contribution in [3.8, 4) is 0 Å². The summed E-state index contributed by atoms with van der Waals surface area (Å²) in [5.74, 6) is 0.729. The smallest absolute Gasteiger partial charge is 0.138 e. The maximum Gasteiger partial charge on any atom is 0.138 e. The van der Waals surface area contributed by atoms with Crippen molar-refractivity contribution < 1.29 is 4.79 Å². The SMILES string of the molecule is CC(C)C(=O)[C@@H](C)CCc1ccccc1. The Morgan fingerprint density at radius 3 is 2.27 bits per heavy atom. The molecule has 0 saturated carbocycles. The van der Waals surface area contributed by atoms with Crippen molar-refractivity contribution in [2.75, 3.05) is 0 Å². The second-order valence-electron chi connectivity index (χ2n) is 4.48. The van der Waals surface area contributed by atoms with Crippen molar-refractivity contribution in [1.29, 1.82) is 0 Å². The molecule has 0 bridgehead atoms. The van der Waals surface area contributed by atoms with Gasteiger partial charge in [-0.15, -0.1) is 0 Å². The molecule has 0 aliphatic heterocycles. The molecule has 1 heteroatoms. The average molecular weight is 204 g/mol. The molecular formula is C14H20O. The molecule has 1 nitrogen and oxygen atoms in total. The summed E-state index contributed by atoms with van der Waals surface area (Å²) in [6, 6.07) is 10.3. The predicted molar refractivity (Wildman–Crippen MR) is 63.8 cm³/mol. The molecule has 0 fully saturated rings. The molecule has 82 valence electrons. The van der Waals surface area contributed by atoms with Crippen molar-refractivity contribution in [1.82, 2.24) is 0 Å². The molecule has 0 N–H and O–H groups in total. The number of ketones is 1. The zero-order chi connectivity index (χ0) is 11.3. The van der Waals surface area contributed by atoms with Gasteiger partial charge >= 0.3 is 0 Å². The molecule has 0 heterocycles. The van der Waals surface area contributed by atoms with Gasteiger partial charge in [0.05, 0.1) is 0 Å². The minimum atomic E-state index is 0.163. The Kier molecular flexibility index (Phi) is 4.54. The van der Waals surface area contributed by atoms with Crippen molar-refractivity contribution in [3.05, 3.63) is 35.9 Å². The Morgan fingerprint density at radius 1 is 1.13 bits per heavy atom. The third kappa shape index (κ3) is 3.86. The third-order valence-corrected chi connectivity index (χ3v) is 2.76. The van der Waals surface area contributed by atoms with Crippen LogP contribution in [0.15, 0.2) is 30.3 Å². The zero-order valence-electron chi connectivity index (χ0n) is 9.86. The standard InChI is InChI=1S/C14H20O/c1-11(2)14(15)12(3)9-10-13-7-5-4-6-8-13/h4-8,11-12H,9-10H2,1-3H3/t12-/m0/s1. The number of benzene rings is 1. The lowest BCUT2D eigenvalue weighted by Gasteiger charge is -2.12. The van der Waals surface area contributed by atoms with Gasteiger partial charge in [0.1, 0.15) is 5.78 Å². The number of Topliss-reactive ketones (excluding diaryl/α,β-unsaturated/α-hetero) is 1. The van der Waals surface area contributed by atoms with Crippen LogP contribution in [0.2, 0.25) is 0 Å². The fourth-order valence-corrected chi connectivity index (χ4v) is 1.74. The summed E-state index contributed by atoms with van der Waals surface area (Å²) in [6.07, 6.45) is 1.96. The quantitative estimate of drug-likeness (QED) is 0.717. The van der Waals surface area contributed by atoms with E-state index < -0.39 is 0 Å². The highest BCUT2D eigenvalue weighted by molar-refractivity contribution is 5.82. The molecule has 1 atom stereocenters. The van der Waals surface area contributed by atoms with E-state index in [4.69, 9.17) is 0 Å². The molecule has 0 radical (unpaired) electrons. The van der Waals surface area contributed by atoms with Crippen molar-refractivity contribution >= 4 is 5.78 Å². The molecule has 1 aromatic rings. The van der Waals surface area contributed by atoms with E-state index in [0.717, 1.165) is 12.8 Å². The van der Waals surface area contributed by atoms with Crippen LogP contribution >= 0.6 is 0 Å². The maximum absolute atomic E-state index is 11.7. The Morgan fingerprint density at radius 2 is 1.73 bits per heavy atom. The highest BCUT2D eigenvalue weighted by atomic mass is 16.1. The number of hydrogen-bond donors (Lipinski definition) is 0. The molecule has 0 aromatic heterocycles. The monoisotopic (exact) mass is 204 g/mol. The topological polar surface area (TPSA) is 17.1 Å². The first-order valence-electron chi connectivity index (χ1n) is 5.69. The fraction of sp³-hybridized carbons (Fsp3) is 0.500. The number of carbonyl (C=O) groups excluding carboxylic acids is 1. The summed E-state index contributed by atoms with van der Waals surface area (Å²) in [4.78, 5) is 11.7. The van der Waals surface area contributed by atoms with E-state index in [9.17, 15) is 4.79 Å². The van der Waals surface area contributed by atoms with Gasteiger partial charge in [0.15, 0.2) is 0 Å². The molecule has 0 aliphatic carbocycles. The van der Waals surface area contributed by atoms with Crippen LogP contribution in [0.4, 0.5) is 0 Å². The molecule has 0 saturated heterocycles. The highest BCUT2D eigenvalue weighted by Crippen LogP contribution is 2.14. The summed E-state index contributed by atoms with van der Waals surface area (Å²) < 4.78 is 0. The summed E-state index contributed by atoms with van der Waals surface area (Å²) in [7, 11) is 0. The van der Waals surface area contributed by atoms with E-state index in [1.165, 1.54) is 5.56 Å². The van der Waals surface area contributed by atoms with Crippen molar-refractivity contribution in [3.63, 3.8) is 0 Å². The first-order valence-corrected chi connectivity index (χ1v) is 5.69. The first kappa shape index (κ1) is 12.0. The largest absolute Gasteiger partial charge is 0.299 e. The predicted octanol–water partition coefficient (Wildman–Crippen LogP) is 3.48. The molecule has 1 rings (SSSR count). The Hall–Kier alpha value is -1.11. The van der Waals surface area contributed by atoms with Gasteiger partial charge in [-0.05, 0) is 18.4 Å². The number of aryl methyl sites for hydroxylation is 1. The van der Waals surface area contributed by atoms with Gasteiger partial charge in [0.2, 0.25) is 0 Å². The Labute approximate surface area is 92.5 Å². The minimum Gasteiger partial charge on any atom is -0.299 e. The van der Waals surface area contributed by atoms with E-state index in [0.29, 0.717) is 5.78 Å². The lowest BCUT2D eigenvalue weighted by atomic mass is 9.91. The van der Waals surface area contributed by atoms with Crippen LogP contribution in [0.25, 0.3) is 0 Å². The minimum absolute atomic E-state index is 0.163. The Bertz CT molecular complexity index is 300. The van der Waals surface area contributed by atoms with Crippen LogP contribution < -0.4 is 0 Å². The normalized spacial score (nSPS) is 12.8. The van der Waals surface area contributed by atoms with Gasteiger partial charge in [-0.1, -0.05) is 51.1 Å². The molecule has 0 aliphatic rings. The molecule has 0 spiro atoms. The molecule has 1 aromatic carbocycles. The summed E-state index contributed by atoms with van der Waals surface area (Å²) in [5, 5.41) is 0. The van der Waals surface area contributed by atoms with E-state index >= 15 is 0 Å². The van der Waals surface area contributed by atoms with Crippen LogP contribution in [0.1, 0.15) is 32.8 Å². The molecule has 0 unspecified atom stereocenters. The molecular weight excluding hydrogens is 184 g/mol. The number of carbonyl (C=O) groups is 1. The lowest BCUT2D eigenvalue weighted by molar-refractivity contribution is -0.125. The summed E-state index contributed by atoms with van der Waals surface area (Å²) in [6.45, 7) is 5.98. The van der Waals surface area contributed by atoms with E-state index in [1.807, 2.05) is 39.0 Å². The van der Waals surface area contributed by atoms with E-state index in [-0.39, 0.29) is 11.8 Å². The van der Waals surface area contributed by atoms with Gasteiger partial charge < -0.3 is 0 Å². The van der Waals surface area contributed by atoms with E-state index in [2.05, 4.69) is 12.1 Å². The van der Waals surface area contributed by atoms with Crippen LogP contribution in [0.5, 0.6) is 0 Å². The van der Waals surface area contributed by atoms with Crippen LogP contribution in [-0.2, 0) is 11.2 Å². The van der Waals surface area contributed by atoms with Crippen molar-refractivity contribution in [2.24, 2.45) is 11.8 Å². The van der Waals surface area contributed by atoms with Gasteiger partial charge in [-0.3, -0.25) is 4.79 Å². The molecule has 15 heavy (non-hydrogen) atoms. The molecule has 0 amide bonds. The second kappa shape index (κ2) is 5.69. The van der Waals surface area contributed by atoms with Crippen LogP contribution in [-0.4, -0.2) is 5.78 Å². The fourth-order valence-electron chi connectivity index (χ4n) is 1.74. The van der Waals surface area contributed by atoms with Gasteiger partial charge in [-0.2, -0.15) is 0 Å². The van der Waals surface area contributed by atoms with Crippen molar-refractivity contribution in [2.45, 2.75) is 33.6 Å². The van der Waals surface area contributed by atoms with Crippen LogP contribution in [0.3, 0.4) is 0 Å². The maximum atomic E-state index is 11.7. The highest BCUT2D eigenvalue weighted by Gasteiger charge is 2.15. The lowest BCUT2D eigenvalue weighted by Crippen LogP contribution is -2.17. The first-order chi connectivity index (χ1) is 7.11. The average Bonchev–Trinajstić information content (AvgIpc) is 2.26. The van der Waals surface area contributed by atoms with E-state index in [1.54, 1.807) is 0 Å².